The van der Waals surface area contributed by atoms with Crippen molar-refractivity contribution in [2.45, 2.75) is 0 Å². The number of primary amides is 1. The molecule has 2 N–H and O–H groups in total. The van der Waals surface area contributed by atoms with Crippen LogP contribution in [0, 0.1) is 0 Å². The second kappa shape index (κ2) is 4.47. The summed E-state index contributed by atoms with van der Waals surface area (Å²) in [5.74, 6) is -0.442. The van der Waals surface area contributed by atoms with Crippen molar-refractivity contribution < 1.29 is 4.79 Å². The van der Waals surface area contributed by atoms with Gasteiger partial charge in [0.25, 0.3) is 0 Å². The van der Waals surface area contributed by atoms with Gasteiger partial charge in [-0.15, -0.1) is 0 Å². The number of aromatic nitrogens is 3. The van der Waals surface area contributed by atoms with Crippen molar-refractivity contribution in [1.29, 1.82) is 0 Å². The van der Waals surface area contributed by atoms with Crippen LogP contribution in [-0.4, -0.2) is 20.5 Å². The second-order valence-electron chi connectivity index (χ2n) is 4.05. The molecular weight excluding hydrogens is 308 g/mol. The molecule has 0 fully saturated rings. The first-order valence-corrected chi connectivity index (χ1v) is 6.33. The molecule has 2 heterocycles. The van der Waals surface area contributed by atoms with Crippen molar-refractivity contribution in [3.63, 3.8) is 0 Å². The van der Waals surface area contributed by atoms with Crippen LogP contribution < -0.4 is 5.73 Å². The highest BCUT2D eigenvalue weighted by molar-refractivity contribution is 9.10. The second-order valence-corrected chi connectivity index (χ2v) is 4.90. The molecule has 0 atom stereocenters. The van der Waals surface area contributed by atoms with Gasteiger partial charge in [-0.05, 0) is 39.7 Å². The number of carbonyl (C=O) groups is 1. The molecule has 6 heteroatoms. The van der Waals surface area contributed by atoms with E-state index in [1.54, 1.807) is 22.7 Å². The van der Waals surface area contributed by atoms with E-state index in [2.05, 4.69) is 26.0 Å². The van der Waals surface area contributed by atoms with Crippen molar-refractivity contribution in [3.8, 4) is 11.1 Å². The molecule has 0 aliphatic carbocycles. The van der Waals surface area contributed by atoms with Crippen molar-refractivity contribution in [3.05, 3.63) is 52.9 Å². The fourth-order valence-corrected chi connectivity index (χ4v) is 2.43. The van der Waals surface area contributed by atoms with Gasteiger partial charge in [0, 0.05) is 17.3 Å². The number of carbonyl (C=O) groups excluding carboxylic acids is 1. The fourth-order valence-electron chi connectivity index (χ4n) is 1.90. The number of nitrogens with zero attached hydrogens (tertiary/aromatic N) is 3. The summed E-state index contributed by atoms with van der Waals surface area (Å²) in [6.07, 6.45) is 3.34. The molecule has 0 aliphatic rings. The summed E-state index contributed by atoms with van der Waals surface area (Å²) in [5, 5.41) is 4.11. The average molecular weight is 317 g/mol. The SMILES string of the molecule is NC(=O)c1cccc(-c2cc(Br)c3ncnn3c2)c1. The number of benzene rings is 1. The lowest BCUT2D eigenvalue weighted by molar-refractivity contribution is 0.100. The van der Waals surface area contributed by atoms with E-state index in [0.29, 0.717) is 5.56 Å². The van der Waals surface area contributed by atoms with Crippen LogP contribution in [0.4, 0.5) is 0 Å². The maximum atomic E-state index is 11.2. The van der Waals surface area contributed by atoms with Crippen LogP contribution in [0.5, 0.6) is 0 Å². The number of halogens is 1. The third-order valence-corrected chi connectivity index (χ3v) is 3.39. The quantitative estimate of drug-likeness (QED) is 0.788. The summed E-state index contributed by atoms with van der Waals surface area (Å²) in [6.45, 7) is 0. The topological polar surface area (TPSA) is 73.3 Å². The van der Waals surface area contributed by atoms with Crippen LogP contribution in [0.1, 0.15) is 10.4 Å². The van der Waals surface area contributed by atoms with Gasteiger partial charge in [-0.2, -0.15) is 5.10 Å². The van der Waals surface area contributed by atoms with Gasteiger partial charge < -0.3 is 5.73 Å². The van der Waals surface area contributed by atoms with Crippen LogP contribution in [0.3, 0.4) is 0 Å². The number of rotatable bonds is 2. The smallest absolute Gasteiger partial charge is 0.248 e. The minimum absolute atomic E-state index is 0.442. The maximum Gasteiger partial charge on any atom is 0.248 e. The molecule has 19 heavy (non-hydrogen) atoms. The predicted molar refractivity (Wildman–Crippen MR) is 74.6 cm³/mol. The lowest BCUT2D eigenvalue weighted by Crippen LogP contribution is -2.10. The summed E-state index contributed by atoms with van der Waals surface area (Å²) in [6, 6.07) is 9.09. The molecule has 0 bridgehead atoms. The van der Waals surface area contributed by atoms with E-state index in [0.717, 1.165) is 21.2 Å². The first kappa shape index (κ1) is 11.9. The Balaban J connectivity index is 2.18. The van der Waals surface area contributed by atoms with E-state index < -0.39 is 5.91 Å². The van der Waals surface area contributed by atoms with Gasteiger partial charge in [0.2, 0.25) is 5.91 Å². The summed E-state index contributed by atoms with van der Waals surface area (Å²) < 4.78 is 2.52. The molecule has 5 nitrogen and oxygen atoms in total. The normalized spacial score (nSPS) is 10.8. The Morgan fingerprint density at radius 3 is 2.89 bits per heavy atom. The van der Waals surface area contributed by atoms with E-state index in [1.807, 2.05) is 18.3 Å². The van der Waals surface area contributed by atoms with Crippen LogP contribution >= 0.6 is 15.9 Å². The molecule has 94 valence electrons. The molecule has 0 spiro atoms. The number of hydrogen-bond acceptors (Lipinski definition) is 3. The van der Waals surface area contributed by atoms with Gasteiger partial charge in [-0.1, -0.05) is 12.1 Å². The van der Waals surface area contributed by atoms with E-state index in [9.17, 15) is 4.79 Å². The van der Waals surface area contributed by atoms with Crippen molar-refractivity contribution >= 4 is 27.5 Å². The lowest BCUT2D eigenvalue weighted by Gasteiger charge is -2.05. The Morgan fingerprint density at radius 2 is 2.11 bits per heavy atom. The van der Waals surface area contributed by atoms with E-state index in [4.69, 9.17) is 5.73 Å². The Morgan fingerprint density at radius 1 is 1.26 bits per heavy atom. The van der Waals surface area contributed by atoms with Gasteiger partial charge in [-0.3, -0.25) is 4.79 Å². The zero-order valence-electron chi connectivity index (χ0n) is 9.75. The van der Waals surface area contributed by atoms with Crippen LogP contribution in [0.2, 0.25) is 0 Å². The van der Waals surface area contributed by atoms with Gasteiger partial charge in [0.1, 0.15) is 6.33 Å². The van der Waals surface area contributed by atoms with Crippen LogP contribution in [-0.2, 0) is 0 Å². The number of nitrogens with two attached hydrogens (primary N) is 1. The van der Waals surface area contributed by atoms with Gasteiger partial charge in [-0.25, -0.2) is 9.50 Å². The molecule has 0 radical (unpaired) electrons. The van der Waals surface area contributed by atoms with Crippen molar-refractivity contribution in [2.75, 3.05) is 0 Å². The Hall–Kier alpha value is -2.21. The third kappa shape index (κ3) is 2.10. The van der Waals surface area contributed by atoms with Crippen LogP contribution in [0.25, 0.3) is 16.8 Å². The molecule has 0 unspecified atom stereocenters. The molecule has 0 saturated carbocycles. The highest BCUT2D eigenvalue weighted by Gasteiger charge is 2.07. The number of pyridine rings is 1. The van der Waals surface area contributed by atoms with E-state index in [1.165, 1.54) is 6.33 Å². The largest absolute Gasteiger partial charge is 0.366 e. The van der Waals surface area contributed by atoms with Gasteiger partial charge in [0.15, 0.2) is 5.65 Å². The lowest BCUT2D eigenvalue weighted by atomic mass is 10.0. The first-order valence-electron chi connectivity index (χ1n) is 5.54. The maximum absolute atomic E-state index is 11.2. The highest BCUT2D eigenvalue weighted by atomic mass is 79.9. The average Bonchev–Trinajstić information content (AvgIpc) is 2.87. The Kier molecular flexibility index (Phi) is 2.79. The number of fused-ring (bicyclic) bond motifs is 1. The van der Waals surface area contributed by atoms with Gasteiger partial charge >= 0.3 is 0 Å². The molecule has 1 amide bonds. The molecule has 0 saturated heterocycles. The summed E-state index contributed by atoms with van der Waals surface area (Å²) >= 11 is 3.46. The zero-order chi connectivity index (χ0) is 13.4. The third-order valence-electron chi connectivity index (χ3n) is 2.81. The van der Waals surface area contributed by atoms with Crippen molar-refractivity contribution in [2.24, 2.45) is 5.73 Å². The molecule has 3 aromatic rings. The fraction of sp³-hybridized carbons (Fsp3) is 0. The molecular formula is C13H9BrN4O. The Bertz CT molecular complexity index is 781. The molecule has 2 aromatic heterocycles. The number of hydrogen-bond donors (Lipinski definition) is 1. The predicted octanol–water partition coefficient (Wildman–Crippen LogP) is 2.26. The minimum Gasteiger partial charge on any atom is -0.366 e. The highest BCUT2D eigenvalue weighted by Crippen LogP contribution is 2.25. The monoisotopic (exact) mass is 316 g/mol. The Labute approximate surface area is 117 Å². The standard InChI is InChI=1S/C13H9BrN4O/c14-11-5-10(6-18-13(11)16-7-17-18)8-2-1-3-9(4-8)12(15)19/h1-7H,(H2,15,19). The van der Waals surface area contributed by atoms with Crippen molar-refractivity contribution in [1.82, 2.24) is 14.6 Å². The molecule has 1 aromatic carbocycles. The first-order chi connectivity index (χ1) is 9.15. The summed E-state index contributed by atoms with van der Waals surface area (Å²) in [4.78, 5) is 15.3. The molecule has 3 rings (SSSR count). The van der Waals surface area contributed by atoms with E-state index in [-0.39, 0.29) is 0 Å². The molecule has 0 aliphatic heterocycles. The van der Waals surface area contributed by atoms with E-state index >= 15 is 0 Å². The summed E-state index contributed by atoms with van der Waals surface area (Å²) in [7, 11) is 0. The number of amides is 1. The van der Waals surface area contributed by atoms with Gasteiger partial charge in [0.05, 0.1) is 4.47 Å². The minimum atomic E-state index is -0.442. The van der Waals surface area contributed by atoms with Crippen LogP contribution in [0.15, 0.2) is 47.3 Å². The zero-order valence-corrected chi connectivity index (χ0v) is 11.3. The summed E-state index contributed by atoms with van der Waals surface area (Å²) in [5.41, 5.74) is 8.33.